The SMILES string of the molecule is COc1ccc(C=NNC(=O)C(=Cc2cccs2)NC(=O)c2ccccc2Cl)cc1OC. The van der Waals surface area contributed by atoms with Crippen molar-refractivity contribution in [3.8, 4) is 11.5 Å². The predicted molar refractivity (Wildman–Crippen MR) is 126 cm³/mol. The minimum atomic E-state index is -0.587. The fourth-order valence-electron chi connectivity index (χ4n) is 2.67. The summed E-state index contributed by atoms with van der Waals surface area (Å²) in [6, 6.07) is 15.5. The summed E-state index contributed by atoms with van der Waals surface area (Å²) in [5.74, 6) is 0.0261. The van der Waals surface area contributed by atoms with Crippen LogP contribution in [0.1, 0.15) is 20.8 Å². The van der Waals surface area contributed by atoms with E-state index in [2.05, 4.69) is 15.8 Å². The fraction of sp³-hybridized carbons (Fsp3) is 0.0870. The van der Waals surface area contributed by atoms with Crippen molar-refractivity contribution in [1.82, 2.24) is 10.7 Å². The number of hydrazone groups is 1. The molecule has 164 valence electrons. The van der Waals surface area contributed by atoms with Crippen LogP contribution < -0.4 is 20.2 Å². The Kier molecular flexibility index (Phi) is 8.02. The number of amides is 2. The molecule has 32 heavy (non-hydrogen) atoms. The largest absolute Gasteiger partial charge is 0.493 e. The van der Waals surface area contributed by atoms with Crippen LogP contribution in [0.3, 0.4) is 0 Å². The molecule has 0 saturated carbocycles. The van der Waals surface area contributed by atoms with Crippen LogP contribution in [0.2, 0.25) is 5.02 Å². The Morgan fingerprint density at radius 3 is 2.50 bits per heavy atom. The average Bonchev–Trinajstić information content (AvgIpc) is 3.31. The zero-order valence-electron chi connectivity index (χ0n) is 17.3. The van der Waals surface area contributed by atoms with Crippen LogP contribution in [-0.2, 0) is 4.79 Å². The third kappa shape index (κ3) is 5.96. The number of carbonyl (C=O) groups is 2. The lowest BCUT2D eigenvalue weighted by molar-refractivity contribution is -0.117. The van der Waals surface area contributed by atoms with E-state index in [1.54, 1.807) is 55.7 Å². The van der Waals surface area contributed by atoms with E-state index in [0.717, 1.165) is 4.88 Å². The Morgan fingerprint density at radius 1 is 1.03 bits per heavy atom. The van der Waals surface area contributed by atoms with E-state index in [1.165, 1.54) is 24.7 Å². The Balaban J connectivity index is 1.77. The molecule has 2 amide bonds. The van der Waals surface area contributed by atoms with Crippen LogP contribution in [0.25, 0.3) is 6.08 Å². The lowest BCUT2D eigenvalue weighted by atomic mass is 10.2. The number of thiophene rings is 1. The van der Waals surface area contributed by atoms with Gasteiger partial charge < -0.3 is 14.8 Å². The van der Waals surface area contributed by atoms with Crippen LogP contribution in [0, 0.1) is 0 Å². The van der Waals surface area contributed by atoms with E-state index in [0.29, 0.717) is 17.1 Å². The minimum absolute atomic E-state index is 0.0295. The third-order valence-electron chi connectivity index (χ3n) is 4.23. The summed E-state index contributed by atoms with van der Waals surface area (Å²) in [5.41, 5.74) is 3.40. The first-order valence-corrected chi connectivity index (χ1v) is 10.6. The van der Waals surface area contributed by atoms with Crippen molar-refractivity contribution in [3.63, 3.8) is 0 Å². The second kappa shape index (κ2) is 11.1. The second-order valence-electron chi connectivity index (χ2n) is 6.32. The summed E-state index contributed by atoms with van der Waals surface area (Å²) in [5, 5.41) is 8.75. The maximum absolute atomic E-state index is 12.8. The molecule has 0 radical (unpaired) electrons. The number of carbonyl (C=O) groups excluding carboxylic acids is 2. The predicted octanol–water partition coefficient (Wildman–Crippen LogP) is 4.34. The van der Waals surface area contributed by atoms with Crippen molar-refractivity contribution < 1.29 is 19.1 Å². The molecule has 0 aliphatic rings. The molecule has 3 aromatic rings. The molecule has 1 heterocycles. The molecule has 2 aromatic carbocycles. The van der Waals surface area contributed by atoms with Crippen LogP contribution in [0.4, 0.5) is 0 Å². The lowest BCUT2D eigenvalue weighted by Gasteiger charge is -2.10. The highest BCUT2D eigenvalue weighted by molar-refractivity contribution is 7.10. The van der Waals surface area contributed by atoms with Gasteiger partial charge in [-0.3, -0.25) is 9.59 Å². The van der Waals surface area contributed by atoms with E-state index in [1.807, 2.05) is 17.5 Å². The van der Waals surface area contributed by atoms with Crippen LogP contribution in [0.15, 0.2) is 70.8 Å². The van der Waals surface area contributed by atoms with Gasteiger partial charge in [0.15, 0.2) is 11.5 Å². The van der Waals surface area contributed by atoms with Crippen LogP contribution in [-0.4, -0.2) is 32.2 Å². The molecule has 0 aliphatic heterocycles. The van der Waals surface area contributed by atoms with Crippen LogP contribution >= 0.6 is 22.9 Å². The zero-order chi connectivity index (χ0) is 22.9. The highest BCUT2D eigenvalue weighted by atomic mass is 35.5. The number of benzene rings is 2. The minimum Gasteiger partial charge on any atom is -0.493 e. The summed E-state index contributed by atoms with van der Waals surface area (Å²) < 4.78 is 10.5. The van der Waals surface area contributed by atoms with Crippen molar-refractivity contribution in [2.24, 2.45) is 5.10 Å². The van der Waals surface area contributed by atoms with Gasteiger partial charge in [0, 0.05) is 4.88 Å². The van der Waals surface area contributed by atoms with E-state index in [4.69, 9.17) is 21.1 Å². The molecule has 0 atom stereocenters. The molecule has 0 bridgehead atoms. The summed E-state index contributed by atoms with van der Waals surface area (Å²) >= 11 is 7.53. The number of halogens is 1. The molecule has 0 spiro atoms. The van der Waals surface area contributed by atoms with Gasteiger partial charge in [0.1, 0.15) is 5.70 Å². The molecule has 0 fully saturated rings. The third-order valence-corrected chi connectivity index (χ3v) is 5.38. The Labute approximate surface area is 194 Å². The first kappa shape index (κ1) is 23.1. The Hall–Kier alpha value is -3.62. The number of methoxy groups -OCH3 is 2. The Bertz CT molecular complexity index is 1160. The van der Waals surface area contributed by atoms with Gasteiger partial charge in [-0.1, -0.05) is 29.8 Å². The summed E-state index contributed by atoms with van der Waals surface area (Å²) in [7, 11) is 3.08. The molecule has 7 nitrogen and oxygen atoms in total. The molecule has 2 N–H and O–H groups in total. The zero-order valence-corrected chi connectivity index (χ0v) is 18.9. The number of rotatable bonds is 8. The molecular weight excluding hydrogens is 450 g/mol. The van der Waals surface area contributed by atoms with Crippen molar-refractivity contribution in [2.45, 2.75) is 0 Å². The number of ether oxygens (including phenoxy) is 2. The van der Waals surface area contributed by atoms with Crippen molar-refractivity contribution >= 4 is 47.0 Å². The van der Waals surface area contributed by atoms with E-state index in [-0.39, 0.29) is 16.3 Å². The summed E-state index contributed by atoms with van der Waals surface area (Å²) in [6.45, 7) is 0. The molecule has 9 heteroatoms. The molecular formula is C23H20ClN3O4S. The number of nitrogens with one attached hydrogen (secondary N) is 2. The summed E-state index contributed by atoms with van der Waals surface area (Å²) in [4.78, 5) is 26.2. The van der Waals surface area contributed by atoms with Gasteiger partial charge in [-0.25, -0.2) is 5.43 Å². The average molecular weight is 470 g/mol. The Morgan fingerprint density at radius 2 is 1.81 bits per heavy atom. The van der Waals surface area contributed by atoms with E-state index < -0.39 is 11.8 Å². The topological polar surface area (TPSA) is 89.0 Å². The highest BCUT2D eigenvalue weighted by Crippen LogP contribution is 2.26. The van der Waals surface area contributed by atoms with Gasteiger partial charge in [0.05, 0.1) is 31.0 Å². The first-order valence-electron chi connectivity index (χ1n) is 9.38. The highest BCUT2D eigenvalue weighted by Gasteiger charge is 2.16. The quantitative estimate of drug-likeness (QED) is 0.292. The number of nitrogens with zero attached hydrogens (tertiary/aromatic N) is 1. The molecule has 0 unspecified atom stereocenters. The standard InChI is InChI=1S/C23H20ClN3O4S/c1-30-20-10-9-15(12-21(20)31-2)14-25-27-23(29)19(13-16-6-5-11-32-16)26-22(28)17-7-3-4-8-18(17)24/h3-14H,1-2H3,(H,26,28)(H,27,29). The van der Waals surface area contributed by atoms with E-state index in [9.17, 15) is 9.59 Å². The van der Waals surface area contributed by atoms with Gasteiger partial charge in [0.25, 0.3) is 11.8 Å². The molecule has 0 aliphatic carbocycles. The molecule has 0 saturated heterocycles. The number of hydrogen-bond donors (Lipinski definition) is 2. The number of hydrogen-bond acceptors (Lipinski definition) is 6. The fourth-order valence-corrected chi connectivity index (χ4v) is 3.55. The summed E-state index contributed by atoms with van der Waals surface area (Å²) in [6.07, 6.45) is 3.03. The van der Waals surface area contributed by atoms with Gasteiger partial charge in [-0.15, -0.1) is 11.3 Å². The monoisotopic (exact) mass is 469 g/mol. The van der Waals surface area contributed by atoms with E-state index >= 15 is 0 Å². The maximum Gasteiger partial charge on any atom is 0.287 e. The van der Waals surface area contributed by atoms with Gasteiger partial charge >= 0.3 is 0 Å². The van der Waals surface area contributed by atoms with Crippen molar-refractivity contribution in [3.05, 3.63) is 86.7 Å². The maximum atomic E-state index is 12.8. The van der Waals surface area contributed by atoms with Crippen molar-refractivity contribution in [2.75, 3.05) is 14.2 Å². The smallest absolute Gasteiger partial charge is 0.287 e. The lowest BCUT2D eigenvalue weighted by Crippen LogP contribution is -2.32. The van der Waals surface area contributed by atoms with Gasteiger partial charge in [-0.2, -0.15) is 5.10 Å². The van der Waals surface area contributed by atoms with Crippen LogP contribution in [0.5, 0.6) is 11.5 Å². The normalized spacial score (nSPS) is 11.3. The first-order chi connectivity index (χ1) is 15.5. The van der Waals surface area contributed by atoms with Gasteiger partial charge in [-0.05, 0) is 53.4 Å². The second-order valence-corrected chi connectivity index (χ2v) is 7.71. The van der Waals surface area contributed by atoms with Crippen molar-refractivity contribution in [1.29, 1.82) is 0 Å². The van der Waals surface area contributed by atoms with Gasteiger partial charge in [0.2, 0.25) is 0 Å². The molecule has 1 aromatic heterocycles. The molecule has 3 rings (SSSR count).